The molecule has 0 aromatic heterocycles. The molecule has 0 fully saturated rings. The highest BCUT2D eigenvalue weighted by atomic mass is 16.5. The summed E-state index contributed by atoms with van der Waals surface area (Å²) in [4.78, 5) is 27.0. The molecule has 6 heteroatoms. The molecule has 184 valence electrons. The number of esters is 1. The van der Waals surface area contributed by atoms with Crippen molar-refractivity contribution >= 4 is 11.8 Å². The molecule has 0 spiro atoms. The largest absolute Gasteiger partial charge is 0.497 e. The van der Waals surface area contributed by atoms with Gasteiger partial charge < -0.3 is 19.5 Å². The van der Waals surface area contributed by atoms with Crippen molar-refractivity contribution in [1.82, 2.24) is 5.32 Å². The summed E-state index contributed by atoms with van der Waals surface area (Å²) in [7, 11) is 3.17. The number of carbonyl (C=O) groups is 2. The van der Waals surface area contributed by atoms with Crippen molar-refractivity contribution in [3.05, 3.63) is 82.2 Å². The minimum Gasteiger partial charge on any atom is -0.497 e. The van der Waals surface area contributed by atoms with Crippen LogP contribution in [0.4, 0.5) is 0 Å². The fourth-order valence-corrected chi connectivity index (χ4v) is 5.06. The van der Waals surface area contributed by atoms with Gasteiger partial charge in [-0.25, -0.2) is 4.79 Å². The number of benzene rings is 2. The first-order valence-electron chi connectivity index (χ1n) is 11.9. The van der Waals surface area contributed by atoms with Crippen LogP contribution < -0.4 is 14.8 Å². The molecule has 1 aliphatic carbocycles. The Hall–Kier alpha value is -3.54. The smallest absolute Gasteiger partial charge is 0.336 e. The van der Waals surface area contributed by atoms with Crippen LogP contribution >= 0.6 is 0 Å². The summed E-state index contributed by atoms with van der Waals surface area (Å²) in [6.07, 6.45) is 1.75. The number of methoxy groups -OCH3 is 2. The highest BCUT2D eigenvalue weighted by Crippen LogP contribution is 2.49. The van der Waals surface area contributed by atoms with Gasteiger partial charge in [0.15, 0.2) is 5.78 Å². The molecule has 0 bridgehead atoms. The van der Waals surface area contributed by atoms with Crippen LogP contribution in [0.3, 0.4) is 0 Å². The Bertz CT molecular complexity index is 1190. The zero-order chi connectivity index (χ0) is 25.2. The van der Waals surface area contributed by atoms with E-state index < -0.39 is 11.9 Å². The molecular weight excluding hydrogens is 442 g/mol. The first kappa shape index (κ1) is 24.6. The standard InChI is InChI=1S/C29H33NO5/c1-18-25(28(32)35-14-13-19-9-7-6-8-10-19)26(21-12-11-20(33-4)15-24(21)34-5)27-22(30-18)16-29(2,3)17-23(27)31/h6-12,15,26,30H,13-14,16-17H2,1-5H3/t26-/m1/s1. The summed E-state index contributed by atoms with van der Waals surface area (Å²) in [6.45, 7) is 6.29. The number of Topliss-reactive ketones (excluding diaryl/α,β-unsaturated/α-hetero) is 1. The number of hydrogen-bond acceptors (Lipinski definition) is 6. The van der Waals surface area contributed by atoms with Gasteiger partial charge >= 0.3 is 5.97 Å². The fourth-order valence-electron chi connectivity index (χ4n) is 5.06. The summed E-state index contributed by atoms with van der Waals surface area (Å²) in [5, 5.41) is 3.38. The number of nitrogens with one attached hydrogen (secondary N) is 1. The minimum atomic E-state index is -0.583. The number of hydrogen-bond donors (Lipinski definition) is 1. The van der Waals surface area contributed by atoms with E-state index in [1.165, 1.54) is 0 Å². The van der Waals surface area contributed by atoms with E-state index in [1.54, 1.807) is 20.3 Å². The number of rotatable bonds is 7. The number of carbonyl (C=O) groups excluding carboxylic acids is 2. The molecule has 1 aliphatic heterocycles. The maximum atomic E-state index is 13.5. The van der Waals surface area contributed by atoms with E-state index in [0.717, 1.165) is 23.2 Å². The maximum absolute atomic E-state index is 13.5. The van der Waals surface area contributed by atoms with Crippen molar-refractivity contribution in [2.24, 2.45) is 5.41 Å². The van der Waals surface area contributed by atoms with Gasteiger partial charge in [-0.15, -0.1) is 0 Å². The Morgan fingerprint density at radius 3 is 2.49 bits per heavy atom. The first-order chi connectivity index (χ1) is 16.7. The first-order valence-corrected chi connectivity index (χ1v) is 11.9. The lowest BCUT2D eigenvalue weighted by molar-refractivity contribution is -0.139. The van der Waals surface area contributed by atoms with Gasteiger partial charge in [-0.05, 0) is 30.4 Å². The van der Waals surface area contributed by atoms with Gasteiger partial charge in [0.25, 0.3) is 0 Å². The topological polar surface area (TPSA) is 73.9 Å². The third kappa shape index (κ3) is 5.11. The lowest BCUT2D eigenvalue weighted by Crippen LogP contribution is -2.38. The average Bonchev–Trinajstić information content (AvgIpc) is 2.82. The van der Waals surface area contributed by atoms with Crippen LogP contribution in [0, 0.1) is 5.41 Å². The van der Waals surface area contributed by atoms with Crippen LogP contribution in [0.25, 0.3) is 0 Å². The van der Waals surface area contributed by atoms with Crippen molar-refractivity contribution < 1.29 is 23.8 Å². The summed E-state index contributed by atoms with van der Waals surface area (Å²) in [6, 6.07) is 15.4. The van der Waals surface area contributed by atoms with Crippen LogP contribution in [0.5, 0.6) is 11.5 Å². The van der Waals surface area contributed by atoms with E-state index in [1.807, 2.05) is 49.4 Å². The highest BCUT2D eigenvalue weighted by Gasteiger charge is 2.44. The Balaban J connectivity index is 1.73. The minimum absolute atomic E-state index is 0.0358. The van der Waals surface area contributed by atoms with Gasteiger partial charge in [0, 0.05) is 41.4 Å². The van der Waals surface area contributed by atoms with Crippen LogP contribution in [0.2, 0.25) is 0 Å². The molecule has 2 aromatic rings. The summed E-state index contributed by atoms with van der Waals surface area (Å²) < 4.78 is 16.8. The Morgan fingerprint density at radius 1 is 1.06 bits per heavy atom. The molecule has 0 unspecified atom stereocenters. The lowest BCUT2D eigenvalue weighted by Gasteiger charge is -2.39. The highest BCUT2D eigenvalue weighted by molar-refractivity contribution is 6.04. The van der Waals surface area contributed by atoms with E-state index in [0.29, 0.717) is 41.2 Å². The molecule has 4 rings (SSSR count). The number of ketones is 1. The molecule has 1 N–H and O–H groups in total. The van der Waals surface area contributed by atoms with E-state index >= 15 is 0 Å². The second-order valence-electron chi connectivity index (χ2n) is 9.91. The van der Waals surface area contributed by atoms with E-state index in [4.69, 9.17) is 14.2 Å². The summed E-state index contributed by atoms with van der Waals surface area (Å²) in [5.74, 6) is 0.215. The predicted molar refractivity (Wildman–Crippen MR) is 134 cm³/mol. The third-order valence-electron chi connectivity index (χ3n) is 6.68. The quantitative estimate of drug-likeness (QED) is 0.562. The van der Waals surface area contributed by atoms with Gasteiger partial charge in [-0.1, -0.05) is 50.2 Å². The van der Waals surface area contributed by atoms with Crippen molar-refractivity contribution in [2.45, 2.75) is 46.0 Å². The zero-order valence-electron chi connectivity index (χ0n) is 21.1. The fraction of sp³-hybridized carbons (Fsp3) is 0.379. The van der Waals surface area contributed by atoms with E-state index in [9.17, 15) is 9.59 Å². The Morgan fingerprint density at radius 2 is 1.80 bits per heavy atom. The monoisotopic (exact) mass is 475 g/mol. The predicted octanol–water partition coefficient (Wildman–Crippen LogP) is 5.09. The normalized spacial score (nSPS) is 19.1. The van der Waals surface area contributed by atoms with Gasteiger partial charge in [0.05, 0.1) is 32.3 Å². The van der Waals surface area contributed by atoms with E-state index in [2.05, 4.69) is 19.2 Å². The molecule has 0 saturated carbocycles. The third-order valence-corrected chi connectivity index (χ3v) is 6.68. The lowest BCUT2D eigenvalue weighted by atomic mass is 9.68. The molecule has 0 radical (unpaired) electrons. The number of ether oxygens (including phenoxy) is 3. The van der Waals surface area contributed by atoms with Crippen LogP contribution in [0.15, 0.2) is 71.1 Å². The van der Waals surface area contributed by atoms with Crippen LogP contribution in [-0.4, -0.2) is 32.6 Å². The Labute approximate surface area is 207 Å². The van der Waals surface area contributed by atoms with Crippen molar-refractivity contribution in [3.8, 4) is 11.5 Å². The average molecular weight is 476 g/mol. The molecule has 2 aliphatic rings. The van der Waals surface area contributed by atoms with Crippen LogP contribution in [-0.2, 0) is 20.7 Å². The van der Waals surface area contributed by atoms with E-state index in [-0.39, 0.29) is 17.8 Å². The molecule has 1 heterocycles. The molecule has 6 nitrogen and oxygen atoms in total. The Kier molecular flexibility index (Phi) is 7.01. The van der Waals surface area contributed by atoms with Gasteiger partial charge in [-0.2, -0.15) is 0 Å². The van der Waals surface area contributed by atoms with Gasteiger partial charge in [-0.3, -0.25) is 4.79 Å². The zero-order valence-corrected chi connectivity index (χ0v) is 21.1. The number of dihydropyridines is 1. The molecule has 35 heavy (non-hydrogen) atoms. The molecule has 0 amide bonds. The second-order valence-corrected chi connectivity index (χ2v) is 9.91. The van der Waals surface area contributed by atoms with Crippen molar-refractivity contribution in [3.63, 3.8) is 0 Å². The SMILES string of the molecule is COc1ccc([C@@H]2C(C(=O)OCCc3ccccc3)=C(C)NC3=C2C(=O)CC(C)(C)C3)c(OC)c1. The summed E-state index contributed by atoms with van der Waals surface area (Å²) in [5.41, 5.74) is 4.29. The van der Waals surface area contributed by atoms with Gasteiger partial charge in [0.2, 0.25) is 0 Å². The molecule has 2 aromatic carbocycles. The van der Waals surface area contributed by atoms with Gasteiger partial charge in [0.1, 0.15) is 11.5 Å². The molecule has 1 atom stereocenters. The maximum Gasteiger partial charge on any atom is 0.336 e. The van der Waals surface area contributed by atoms with Crippen molar-refractivity contribution in [2.75, 3.05) is 20.8 Å². The molecular formula is C29H33NO5. The van der Waals surface area contributed by atoms with Crippen molar-refractivity contribution in [1.29, 1.82) is 0 Å². The second kappa shape index (κ2) is 9.98. The van der Waals surface area contributed by atoms with Crippen LogP contribution in [0.1, 0.15) is 50.7 Å². The number of allylic oxidation sites excluding steroid dienone is 3. The molecule has 0 saturated heterocycles. The summed E-state index contributed by atoms with van der Waals surface area (Å²) >= 11 is 0.